The molecule has 21 heteroatoms. The van der Waals surface area contributed by atoms with E-state index in [1.807, 2.05) is 160 Å². The number of esters is 1. The first-order chi connectivity index (χ1) is 42.1. The van der Waals surface area contributed by atoms with E-state index >= 15 is 0 Å². The summed E-state index contributed by atoms with van der Waals surface area (Å²) in [6, 6.07) is 48.2. The van der Waals surface area contributed by atoms with Crippen LogP contribution in [0.25, 0.3) is 34.0 Å². The van der Waals surface area contributed by atoms with E-state index in [9.17, 15) is 24.0 Å². The number of amides is 6. The third-order valence-electron chi connectivity index (χ3n) is 13.3. The molecule has 0 saturated carbocycles. The number of aromatic nitrogens is 9. The Bertz CT molecular complexity index is 3580. The number of urea groups is 2. The van der Waals surface area contributed by atoms with Crippen LogP contribution in [-0.4, -0.2) is 140 Å². The minimum atomic E-state index is -1.08. The molecule has 462 valence electrons. The molecule has 9 aromatic rings. The van der Waals surface area contributed by atoms with E-state index in [1.165, 1.54) is 31.8 Å². The number of unbranched alkanes of at least 4 members (excludes halogenated alkanes) is 2. The zero-order valence-electron chi connectivity index (χ0n) is 52.8. The number of nitrogens with zero attached hydrogens (tertiary/aromatic N) is 13. The molecule has 0 spiro atoms. The van der Waals surface area contributed by atoms with E-state index in [0.717, 1.165) is 85.1 Å². The molecular weight excluding hydrogens is 1110 g/mol. The quantitative estimate of drug-likeness (QED) is 0.0514. The number of ether oxygens (including phenoxy) is 3. The molecule has 21 nitrogen and oxygen atoms in total. The highest BCUT2D eigenvalue weighted by atomic mass is 16.5. The third kappa shape index (κ3) is 19.6. The molecule has 2 atom stereocenters. The van der Waals surface area contributed by atoms with Crippen LogP contribution in [-0.2, 0) is 54.3 Å². The molecule has 0 N–H and O–H groups in total. The number of carbonyl (C=O) groups excluding carboxylic acids is 5. The number of benzene rings is 4. The molecule has 2 aliphatic heterocycles. The van der Waals surface area contributed by atoms with Crippen molar-refractivity contribution in [2.75, 3.05) is 34.9 Å². The Morgan fingerprint density at radius 2 is 1.07 bits per heavy atom. The molecule has 2 unspecified atom stereocenters. The predicted octanol–water partition coefficient (Wildman–Crippen LogP) is 10.6. The van der Waals surface area contributed by atoms with Crippen molar-refractivity contribution < 1.29 is 38.2 Å². The second-order valence-electron chi connectivity index (χ2n) is 20.3. The van der Waals surface area contributed by atoms with Crippen molar-refractivity contribution in [3.05, 3.63) is 199 Å². The van der Waals surface area contributed by atoms with E-state index in [0.29, 0.717) is 18.1 Å². The van der Waals surface area contributed by atoms with Crippen LogP contribution in [0, 0.1) is 40.2 Å². The zero-order valence-corrected chi connectivity index (χ0v) is 52.8. The van der Waals surface area contributed by atoms with Crippen LogP contribution in [0.2, 0.25) is 0 Å². The van der Waals surface area contributed by atoms with Crippen molar-refractivity contribution in [3.63, 3.8) is 0 Å². The van der Waals surface area contributed by atoms with Gasteiger partial charge in [-0.05, 0) is 70.5 Å². The van der Waals surface area contributed by atoms with E-state index in [1.54, 1.807) is 61.3 Å². The lowest BCUT2D eigenvalue weighted by atomic mass is 10.2. The standard InChI is InChI=1S/C12H10N2O3.2C11H12N2.C10H18N2O3.C10H10N2.C7H9NO2.C6H10N2/c1-3-14-11(10(15)13(2)12(14)16)17-9-7-5-4-6-8-9;2*1-9-8-13(2)11(12-9)10-6-4-3-5-7-10;1-4-5-6-7-15-9-8(13)11(2)10(14)12(9)3;1-12-8-7-10(11-12)9-5-3-2-4-6-9;1-8-5-3-4-6(8)7(9)10-2;1-5-4-6(2)8(3)7-5/h1,4-8,11H,2H3;2*3-8H,1-2H3;9H,4-7H2,1-3H3;2-8H,1H3;3-5H,1-2H3;4H,1-3H3. The predicted molar refractivity (Wildman–Crippen MR) is 340 cm³/mol. The maximum absolute atomic E-state index is 11.7. The summed E-state index contributed by atoms with van der Waals surface area (Å²) >= 11 is 0. The molecule has 7 heterocycles. The lowest BCUT2D eigenvalue weighted by molar-refractivity contribution is -0.140. The smallest absolute Gasteiger partial charge is 0.354 e. The van der Waals surface area contributed by atoms with Gasteiger partial charge in [-0.1, -0.05) is 135 Å². The number of imide groups is 2. The molecule has 2 aliphatic rings. The van der Waals surface area contributed by atoms with Gasteiger partial charge in [0.05, 0.1) is 29.9 Å². The molecule has 0 aliphatic carbocycles. The first-order valence-electron chi connectivity index (χ1n) is 28.4. The van der Waals surface area contributed by atoms with Gasteiger partial charge in [0.15, 0.2) is 0 Å². The van der Waals surface area contributed by atoms with Gasteiger partial charge in [0.2, 0.25) is 6.23 Å². The lowest BCUT2D eigenvalue weighted by Crippen LogP contribution is -2.36. The zero-order chi connectivity index (χ0) is 64.5. The molecular formula is C67H81N13O8. The molecule has 88 heavy (non-hydrogen) atoms. The maximum atomic E-state index is 11.7. The van der Waals surface area contributed by atoms with Crippen molar-refractivity contribution in [1.29, 1.82) is 0 Å². The first kappa shape index (κ1) is 68.5. The number of para-hydroxylation sites is 1. The van der Waals surface area contributed by atoms with Crippen molar-refractivity contribution in [1.82, 2.24) is 62.8 Å². The Balaban J connectivity index is 0.000000189. The van der Waals surface area contributed by atoms with Crippen molar-refractivity contribution in [3.8, 4) is 52.3 Å². The lowest BCUT2D eigenvalue weighted by Gasteiger charge is -2.16. The molecule has 11 rings (SSSR count). The number of methoxy groups -OCH3 is 1. The van der Waals surface area contributed by atoms with Crippen LogP contribution in [0.5, 0.6) is 5.75 Å². The van der Waals surface area contributed by atoms with E-state index < -0.39 is 24.4 Å². The Morgan fingerprint density at radius 1 is 0.568 bits per heavy atom. The summed E-state index contributed by atoms with van der Waals surface area (Å²) in [5, 5.41) is 8.42. The topological polar surface area (TPSA) is 202 Å². The minimum Gasteiger partial charge on any atom is -0.464 e. The summed E-state index contributed by atoms with van der Waals surface area (Å²) in [5.74, 6) is 1.48. The monoisotopic (exact) mass is 1200 g/mol. The fraction of sp³-hybridized carbons (Fsp3) is 0.299. The van der Waals surface area contributed by atoms with E-state index in [-0.39, 0.29) is 17.9 Å². The first-order valence-corrected chi connectivity index (χ1v) is 28.4. The van der Waals surface area contributed by atoms with Crippen LogP contribution in [0.3, 0.4) is 0 Å². The fourth-order valence-electron chi connectivity index (χ4n) is 8.62. The van der Waals surface area contributed by atoms with Crippen molar-refractivity contribution in [2.45, 2.75) is 66.3 Å². The fourth-order valence-corrected chi connectivity index (χ4v) is 8.62. The number of carbonyl (C=O) groups is 5. The Morgan fingerprint density at radius 3 is 1.44 bits per heavy atom. The van der Waals surface area contributed by atoms with E-state index in [4.69, 9.17) is 15.9 Å². The Hall–Kier alpha value is -10.3. The average molecular weight is 1200 g/mol. The number of likely N-dealkylation sites (N-methyl/N-ethyl adjacent to an activating group) is 3. The molecule has 2 fully saturated rings. The summed E-state index contributed by atoms with van der Waals surface area (Å²) in [5.41, 5.74) is 9.50. The van der Waals surface area contributed by atoms with Crippen molar-refractivity contribution in [2.24, 2.45) is 35.2 Å². The number of hydrogen-bond donors (Lipinski definition) is 0. The van der Waals surface area contributed by atoms with Crippen molar-refractivity contribution >= 4 is 29.8 Å². The minimum absolute atomic E-state index is 0.279. The highest BCUT2D eigenvalue weighted by Crippen LogP contribution is 2.22. The van der Waals surface area contributed by atoms with Gasteiger partial charge >= 0.3 is 18.0 Å². The second-order valence-corrected chi connectivity index (χ2v) is 20.3. The van der Waals surface area contributed by atoms with Gasteiger partial charge in [0.25, 0.3) is 18.0 Å². The number of rotatable bonds is 11. The number of imidazole rings is 2. The molecule has 0 radical (unpaired) electrons. The molecule has 5 aromatic heterocycles. The molecule has 2 saturated heterocycles. The summed E-state index contributed by atoms with van der Waals surface area (Å²) in [6.45, 7) is 10.7. The van der Waals surface area contributed by atoms with Gasteiger partial charge < -0.3 is 27.9 Å². The SMILES string of the molecule is C#CN1C(=O)N(C)C(=O)C1Oc1ccccc1.CCCCCOC1C(=O)N(C)C(=O)N1C.COC(=O)c1cccn1C.Cc1cc(C)n(C)n1.Cc1cn(C)c(-c2ccccc2)n1.Cc1cn(C)c(-c2ccccc2)n1.Cn1ccc(-c2ccccc2)n1. The second kappa shape index (κ2) is 34.0. The van der Waals surface area contributed by atoms with Crippen LogP contribution < -0.4 is 4.74 Å². The number of hydrogen-bond acceptors (Lipinski definition) is 12. The van der Waals surface area contributed by atoms with Crippen LogP contribution in [0.4, 0.5) is 9.59 Å². The van der Waals surface area contributed by atoms with Crippen LogP contribution in [0.1, 0.15) is 59.5 Å². The summed E-state index contributed by atoms with van der Waals surface area (Å²) < 4.78 is 24.8. The van der Waals surface area contributed by atoms with Gasteiger partial charge in [0, 0.05) is 116 Å². The summed E-state index contributed by atoms with van der Waals surface area (Å²) in [4.78, 5) is 70.2. The van der Waals surface area contributed by atoms with Gasteiger partial charge in [-0.25, -0.2) is 29.3 Å². The Labute approximate surface area is 516 Å². The largest absolute Gasteiger partial charge is 0.464 e. The summed E-state index contributed by atoms with van der Waals surface area (Å²) in [7, 11) is 15.5. The normalized spacial score (nSPS) is 13.8. The maximum Gasteiger partial charge on any atom is 0.354 e. The van der Waals surface area contributed by atoms with Gasteiger partial charge in [-0.3, -0.25) is 33.7 Å². The highest BCUT2D eigenvalue weighted by Gasteiger charge is 2.45. The van der Waals surface area contributed by atoms with Gasteiger partial charge in [-0.2, -0.15) is 10.2 Å². The number of aryl methyl sites for hydroxylation is 9. The van der Waals surface area contributed by atoms with Gasteiger partial charge in [0.1, 0.15) is 23.1 Å². The third-order valence-corrected chi connectivity index (χ3v) is 13.3. The molecule has 4 aromatic carbocycles. The molecule has 0 bridgehead atoms. The van der Waals surface area contributed by atoms with Crippen LogP contribution in [0.15, 0.2) is 170 Å². The van der Waals surface area contributed by atoms with Crippen LogP contribution >= 0.6 is 0 Å². The number of terminal acetylenes is 1. The average Bonchev–Trinajstić information content (AvgIpc) is 2.49. The highest BCUT2D eigenvalue weighted by molar-refractivity contribution is 6.04. The molecule has 6 amide bonds. The summed E-state index contributed by atoms with van der Waals surface area (Å²) in [6.07, 6.45) is 14.3. The van der Waals surface area contributed by atoms with Gasteiger partial charge in [-0.15, -0.1) is 0 Å². The Kier molecular flexibility index (Phi) is 26.4. The van der Waals surface area contributed by atoms with E-state index in [2.05, 4.69) is 80.3 Å².